The number of nitrogens with zero attached hydrogens (tertiary/aromatic N) is 4. The molecular weight excluding hydrogens is 412 g/mol. The molecule has 1 aliphatic rings. The van der Waals surface area contributed by atoms with Crippen molar-refractivity contribution in [2.45, 2.75) is 24.2 Å². The zero-order chi connectivity index (χ0) is 21.8. The quantitative estimate of drug-likeness (QED) is 0.422. The maximum Gasteiger partial charge on any atom is 0.257 e. The molecule has 3 amide bonds. The highest BCUT2D eigenvalue weighted by atomic mass is 32.2. The molecule has 0 spiro atoms. The summed E-state index contributed by atoms with van der Waals surface area (Å²) in [7, 11) is 1.86. The minimum atomic E-state index is -0.831. The smallest absolute Gasteiger partial charge is 0.257 e. The maximum atomic E-state index is 13.2. The highest BCUT2D eigenvalue weighted by molar-refractivity contribution is 7.99. The molecule has 0 N–H and O–H groups in total. The first-order valence-electron chi connectivity index (χ1n) is 9.90. The van der Waals surface area contributed by atoms with Crippen LogP contribution < -0.4 is 4.90 Å². The van der Waals surface area contributed by atoms with Crippen LogP contribution in [0.2, 0.25) is 0 Å². The van der Waals surface area contributed by atoms with Crippen LogP contribution in [0.4, 0.5) is 5.69 Å². The van der Waals surface area contributed by atoms with Crippen molar-refractivity contribution < 1.29 is 14.4 Å². The number of benzene rings is 2. The highest BCUT2D eigenvalue weighted by Gasteiger charge is 2.44. The van der Waals surface area contributed by atoms with Crippen LogP contribution in [-0.4, -0.2) is 44.0 Å². The second kappa shape index (κ2) is 9.18. The molecule has 31 heavy (non-hydrogen) atoms. The van der Waals surface area contributed by atoms with Crippen molar-refractivity contribution in [3.63, 3.8) is 0 Å². The van der Waals surface area contributed by atoms with Crippen LogP contribution in [0.5, 0.6) is 0 Å². The van der Waals surface area contributed by atoms with Gasteiger partial charge in [-0.3, -0.25) is 14.4 Å². The largest absolute Gasteiger partial charge is 0.329 e. The van der Waals surface area contributed by atoms with Gasteiger partial charge >= 0.3 is 0 Å². The molecule has 158 valence electrons. The van der Waals surface area contributed by atoms with Crippen LogP contribution in [0.25, 0.3) is 0 Å². The van der Waals surface area contributed by atoms with Gasteiger partial charge in [-0.25, -0.2) is 9.88 Å². The molecule has 8 heteroatoms. The van der Waals surface area contributed by atoms with Crippen molar-refractivity contribution in [2.24, 2.45) is 7.05 Å². The highest BCUT2D eigenvalue weighted by Crippen LogP contribution is 2.27. The lowest BCUT2D eigenvalue weighted by molar-refractivity contribution is -0.136. The van der Waals surface area contributed by atoms with E-state index in [1.54, 1.807) is 30.5 Å². The number of aryl methyl sites for hydroxylation is 1. The Hall–Kier alpha value is -3.39. The third-order valence-corrected chi connectivity index (χ3v) is 6.17. The lowest BCUT2D eigenvalue weighted by Gasteiger charge is -2.27. The third-order valence-electron chi connectivity index (χ3n) is 5.13. The SMILES string of the molecule is Cn1ccnc1SCC(=O)N(Cc1ccccc1)C1CC(=O)N(c2ccccc2)C1=O. The number of aromatic nitrogens is 2. The minimum absolute atomic E-state index is 0.0284. The Morgan fingerprint density at radius 2 is 1.77 bits per heavy atom. The van der Waals surface area contributed by atoms with Crippen LogP contribution in [0.3, 0.4) is 0 Å². The molecule has 1 aromatic heterocycles. The van der Waals surface area contributed by atoms with Gasteiger partial charge in [0.15, 0.2) is 5.16 Å². The summed E-state index contributed by atoms with van der Waals surface area (Å²) in [4.78, 5) is 46.1. The van der Waals surface area contributed by atoms with Crippen molar-refractivity contribution in [3.05, 3.63) is 78.6 Å². The fourth-order valence-electron chi connectivity index (χ4n) is 3.56. The fraction of sp³-hybridized carbons (Fsp3) is 0.217. The Kier molecular flexibility index (Phi) is 6.18. The molecule has 1 unspecified atom stereocenters. The van der Waals surface area contributed by atoms with Gasteiger partial charge < -0.3 is 9.47 Å². The number of amides is 3. The molecule has 1 fully saturated rings. The Balaban J connectivity index is 1.57. The zero-order valence-electron chi connectivity index (χ0n) is 17.0. The first-order chi connectivity index (χ1) is 15.0. The molecule has 0 saturated carbocycles. The molecule has 0 aliphatic carbocycles. The van der Waals surface area contributed by atoms with Crippen molar-refractivity contribution in [1.29, 1.82) is 0 Å². The number of hydrogen-bond acceptors (Lipinski definition) is 5. The van der Waals surface area contributed by atoms with E-state index in [2.05, 4.69) is 4.98 Å². The van der Waals surface area contributed by atoms with Crippen LogP contribution in [0.1, 0.15) is 12.0 Å². The van der Waals surface area contributed by atoms with Crippen LogP contribution in [-0.2, 0) is 28.0 Å². The third kappa shape index (κ3) is 4.54. The first kappa shape index (κ1) is 20.9. The fourth-order valence-corrected chi connectivity index (χ4v) is 4.38. The molecule has 3 aromatic rings. The molecular formula is C23H22N4O3S. The molecule has 1 atom stereocenters. The summed E-state index contributed by atoms with van der Waals surface area (Å²) in [5.41, 5.74) is 1.42. The Morgan fingerprint density at radius 3 is 2.42 bits per heavy atom. The van der Waals surface area contributed by atoms with Gasteiger partial charge in [-0.15, -0.1) is 0 Å². The van der Waals surface area contributed by atoms with Crippen LogP contribution >= 0.6 is 11.8 Å². The van der Waals surface area contributed by atoms with Crippen LogP contribution in [0, 0.1) is 0 Å². The average molecular weight is 435 g/mol. The van der Waals surface area contributed by atoms with E-state index in [1.807, 2.05) is 54.2 Å². The lowest BCUT2D eigenvalue weighted by atomic mass is 10.1. The predicted octanol–water partition coefficient (Wildman–Crippen LogP) is 2.87. The molecule has 1 aliphatic heterocycles. The van der Waals surface area contributed by atoms with E-state index in [0.717, 1.165) is 5.56 Å². The van der Waals surface area contributed by atoms with E-state index in [1.165, 1.54) is 21.6 Å². The summed E-state index contributed by atoms with van der Waals surface area (Å²) in [6.07, 6.45) is 3.45. The average Bonchev–Trinajstić information content (AvgIpc) is 3.33. The van der Waals surface area contributed by atoms with Gasteiger partial charge in [0, 0.05) is 26.0 Å². The van der Waals surface area contributed by atoms with Gasteiger partial charge in [0.05, 0.1) is 17.9 Å². The van der Waals surface area contributed by atoms with Crippen molar-refractivity contribution in [3.8, 4) is 0 Å². The Labute approximate surface area is 184 Å². The summed E-state index contributed by atoms with van der Waals surface area (Å²) < 4.78 is 1.83. The van der Waals surface area contributed by atoms with E-state index in [0.29, 0.717) is 10.8 Å². The van der Waals surface area contributed by atoms with Gasteiger partial charge in [-0.2, -0.15) is 0 Å². The minimum Gasteiger partial charge on any atom is -0.329 e. The summed E-state index contributed by atoms with van der Waals surface area (Å²) in [6.45, 7) is 0.257. The number of rotatable bonds is 7. The second-order valence-corrected chi connectivity index (χ2v) is 8.18. The summed E-state index contributed by atoms with van der Waals surface area (Å²) >= 11 is 1.31. The molecule has 0 radical (unpaired) electrons. The number of thioether (sulfide) groups is 1. The molecule has 2 heterocycles. The number of carbonyl (C=O) groups excluding carboxylic acids is 3. The lowest BCUT2D eigenvalue weighted by Crippen LogP contribution is -2.45. The Bertz CT molecular complexity index is 1080. The van der Waals surface area contributed by atoms with Gasteiger partial charge in [0.2, 0.25) is 11.8 Å². The van der Waals surface area contributed by atoms with Crippen molar-refractivity contribution in [2.75, 3.05) is 10.7 Å². The number of anilines is 1. The first-order valence-corrected chi connectivity index (χ1v) is 10.9. The molecule has 2 aromatic carbocycles. The predicted molar refractivity (Wildman–Crippen MR) is 118 cm³/mol. The summed E-state index contributed by atoms with van der Waals surface area (Å²) in [5.74, 6) is -0.759. The topological polar surface area (TPSA) is 75.5 Å². The molecule has 0 bridgehead atoms. The normalized spacial score (nSPS) is 16.0. The summed E-state index contributed by atoms with van der Waals surface area (Å²) in [6, 6.07) is 17.5. The second-order valence-electron chi connectivity index (χ2n) is 7.24. The van der Waals surface area contributed by atoms with E-state index in [9.17, 15) is 14.4 Å². The van der Waals surface area contributed by atoms with Gasteiger partial charge in [-0.05, 0) is 17.7 Å². The van der Waals surface area contributed by atoms with E-state index in [-0.39, 0.29) is 36.4 Å². The zero-order valence-corrected chi connectivity index (χ0v) is 17.9. The Morgan fingerprint density at radius 1 is 1.10 bits per heavy atom. The number of carbonyl (C=O) groups is 3. The van der Waals surface area contributed by atoms with Crippen molar-refractivity contribution in [1.82, 2.24) is 14.5 Å². The van der Waals surface area contributed by atoms with Crippen molar-refractivity contribution >= 4 is 35.2 Å². The molecule has 4 rings (SSSR count). The van der Waals surface area contributed by atoms with Crippen LogP contribution in [0.15, 0.2) is 78.2 Å². The maximum absolute atomic E-state index is 13.2. The van der Waals surface area contributed by atoms with Gasteiger partial charge in [-0.1, -0.05) is 60.3 Å². The molecule has 7 nitrogen and oxygen atoms in total. The number of hydrogen-bond donors (Lipinski definition) is 0. The van der Waals surface area contributed by atoms with Gasteiger partial charge in [0.25, 0.3) is 5.91 Å². The standard InChI is InChI=1S/C23H22N4O3S/c1-25-13-12-24-23(25)31-16-21(29)26(15-17-8-4-2-5-9-17)19-14-20(28)27(22(19)30)18-10-6-3-7-11-18/h2-13,19H,14-16H2,1H3. The summed E-state index contributed by atoms with van der Waals surface area (Å²) in [5, 5.41) is 0.716. The molecule has 1 saturated heterocycles. The number of imidazole rings is 1. The van der Waals surface area contributed by atoms with E-state index >= 15 is 0 Å². The van der Waals surface area contributed by atoms with E-state index in [4.69, 9.17) is 0 Å². The number of para-hydroxylation sites is 1. The number of imide groups is 1. The monoisotopic (exact) mass is 434 g/mol. The van der Waals surface area contributed by atoms with Gasteiger partial charge in [0.1, 0.15) is 6.04 Å². The van der Waals surface area contributed by atoms with E-state index < -0.39 is 6.04 Å².